The number of benzene rings is 2. The molecule has 4 rings (SSSR count). The normalized spacial score (nSPS) is 10.7. The first-order valence-electron chi connectivity index (χ1n) is 10.3. The molecule has 4 aromatic rings. The average Bonchev–Trinajstić information content (AvgIpc) is 3.24. The molecule has 33 heavy (non-hydrogen) atoms. The quantitative estimate of drug-likeness (QED) is 0.226. The molecule has 0 aliphatic heterocycles. The van der Waals surface area contributed by atoms with E-state index < -0.39 is 0 Å². The van der Waals surface area contributed by atoms with E-state index in [0.717, 1.165) is 6.54 Å². The second-order valence-corrected chi connectivity index (χ2v) is 7.17. The molecule has 0 fully saturated rings. The predicted octanol–water partition coefficient (Wildman–Crippen LogP) is 4.31. The highest BCUT2D eigenvalue weighted by molar-refractivity contribution is 5.99. The van der Waals surface area contributed by atoms with Gasteiger partial charge in [-0.25, -0.2) is 14.4 Å². The van der Waals surface area contributed by atoms with Gasteiger partial charge in [0.25, 0.3) is 0 Å². The fourth-order valence-electron chi connectivity index (χ4n) is 3.26. The molecule has 0 saturated heterocycles. The number of nitrogens with zero attached hydrogens (tertiary/aromatic N) is 2. The molecular weight excluding hydrogens is 423 g/mol. The van der Waals surface area contributed by atoms with Crippen molar-refractivity contribution < 1.29 is 13.9 Å². The number of aromatic nitrogens is 3. The Morgan fingerprint density at radius 2 is 2.03 bits per heavy atom. The highest BCUT2D eigenvalue weighted by Gasteiger charge is 2.14. The summed E-state index contributed by atoms with van der Waals surface area (Å²) in [5.41, 5.74) is 2.74. The van der Waals surface area contributed by atoms with E-state index in [1.54, 1.807) is 36.4 Å². The molecule has 0 bridgehead atoms. The van der Waals surface area contributed by atoms with Crippen molar-refractivity contribution in [2.45, 2.75) is 0 Å². The van der Waals surface area contributed by atoms with Crippen molar-refractivity contribution in [2.24, 2.45) is 0 Å². The van der Waals surface area contributed by atoms with Crippen LogP contribution >= 0.6 is 0 Å². The molecule has 8 nitrogen and oxygen atoms in total. The highest BCUT2D eigenvalue weighted by atomic mass is 19.1. The minimum absolute atomic E-state index is 0.306. The minimum Gasteiger partial charge on any atom is -0.438 e. The van der Waals surface area contributed by atoms with Gasteiger partial charge in [0.1, 0.15) is 23.5 Å². The molecule has 1 amide bonds. The summed E-state index contributed by atoms with van der Waals surface area (Å²) in [4.78, 5) is 23.1. The molecule has 0 atom stereocenters. The van der Waals surface area contributed by atoms with Crippen LogP contribution in [0.25, 0.3) is 22.3 Å². The SMILES string of the molecule is C=CC(=O)Nc1cccc(Oc2ncnc3[nH]c(-c4ccc(NCCNC)cc4F)cc23)c1. The van der Waals surface area contributed by atoms with Crippen LogP contribution in [0.1, 0.15) is 0 Å². The van der Waals surface area contributed by atoms with Gasteiger partial charge in [0.05, 0.1) is 11.1 Å². The van der Waals surface area contributed by atoms with Crippen LogP contribution in [-0.2, 0) is 4.79 Å². The molecule has 2 aromatic heterocycles. The third-order valence-corrected chi connectivity index (χ3v) is 4.85. The van der Waals surface area contributed by atoms with E-state index in [9.17, 15) is 9.18 Å². The Morgan fingerprint density at radius 3 is 2.82 bits per heavy atom. The lowest BCUT2D eigenvalue weighted by atomic mass is 10.1. The number of hydrogen-bond acceptors (Lipinski definition) is 6. The third-order valence-electron chi connectivity index (χ3n) is 4.85. The Balaban J connectivity index is 1.60. The number of fused-ring (bicyclic) bond motifs is 1. The summed E-state index contributed by atoms with van der Waals surface area (Å²) in [5, 5.41) is 9.48. The first kappa shape index (κ1) is 22.0. The topological polar surface area (TPSA) is 104 Å². The zero-order chi connectivity index (χ0) is 23.2. The molecule has 0 saturated carbocycles. The maximum absolute atomic E-state index is 14.8. The zero-order valence-electron chi connectivity index (χ0n) is 18.0. The van der Waals surface area contributed by atoms with Gasteiger partial charge in [-0.3, -0.25) is 4.79 Å². The molecule has 0 unspecified atom stereocenters. The van der Waals surface area contributed by atoms with Crippen LogP contribution < -0.4 is 20.7 Å². The van der Waals surface area contributed by atoms with Gasteiger partial charge in [0.2, 0.25) is 11.8 Å². The van der Waals surface area contributed by atoms with Gasteiger partial charge in [-0.05, 0) is 49.5 Å². The van der Waals surface area contributed by atoms with Crippen LogP contribution in [-0.4, -0.2) is 41.0 Å². The Hall–Kier alpha value is -4.24. The molecule has 4 N–H and O–H groups in total. The van der Waals surface area contributed by atoms with E-state index in [1.165, 1.54) is 18.5 Å². The lowest BCUT2D eigenvalue weighted by Gasteiger charge is -2.08. The Kier molecular flexibility index (Phi) is 6.61. The summed E-state index contributed by atoms with van der Waals surface area (Å²) in [6.07, 6.45) is 2.55. The van der Waals surface area contributed by atoms with Crippen molar-refractivity contribution in [2.75, 3.05) is 30.8 Å². The first-order valence-corrected chi connectivity index (χ1v) is 10.3. The average molecular weight is 446 g/mol. The molecule has 2 heterocycles. The maximum atomic E-state index is 14.8. The van der Waals surface area contributed by atoms with Crippen LogP contribution in [0.15, 0.2) is 67.5 Å². The monoisotopic (exact) mass is 446 g/mol. The van der Waals surface area contributed by atoms with Crippen molar-refractivity contribution in [1.82, 2.24) is 20.3 Å². The van der Waals surface area contributed by atoms with Gasteiger partial charge in [-0.15, -0.1) is 0 Å². The van der Waals surface area contributed by atoms with Crippen LogP contribution in [0.5, 0.6) is 11.6 Å². The summed E-state index contributed by atoms with van der Waals surface area (Å²) in [5.74, 6) is 0.0949. The van der Waals surface area contributed by atoms with Gasteiger partial charge in [0, 0.05) is 36.1 Å². The van der Waals surface area contributed by atoms with E-state index >= 15 is 0 Å². The first-order chi connectivity index (χ1) is 16.1. The summed E-state index contributed by atoms with van der Waals surface area (Å²) >= 11 is 0. The number of carbonyl (C=O) groups excluding carboxylic acids is 1. The molecule has 0 aliphatic carbocycles. The lowest BCUT2D eigenvalue weighted by molar-refractivity contribution is -0.111. The van der Waals surface area contributed by atoms with Crippen molar-refractivity contribution >= 4 is 28.3 Å². The summed E-state index contributed by atoms with van der Waals surface area (Å²) < 4.78 is 20.8. The fraction of sp³-hybridized carbons (Fsp3) is 0.125. The number of anilines is 2. The molecule has 2 aromatic carbocycles. The Morgan fingerprint density at radius 1 is 1.15 bits per heavy atom. The van der Waals surface area contributed by atoms with Crippen molar-refractivity contribution in [3.05, 3.63) is 73.3 Å². The van der Waals surface area contributed by atoms with E-state index in [4.69, 9.17) is 4.74 Å². The number of ether oxygens (including phenoxy) is 1. The number of aromatic amines is 1. The smallest absolute Gasteiger partial charge is 0.247 e. The number of rotatable bonds is 9. The van der Waals surface area contributed by atoms with Gasteiger partial charge in [-0.1, -0.05) is 12.6 Å². The lowest BCUT2D eigenvalue weighted by Crippen LogP contribution is -2.17. The Bertz CT molecular complexity index is 1300. The van der Waals surface area contributed by atoms with Gasteiger partial charge in [-0.2, -0.15) is 0 Å². The van der Waals surface area contributed by atoms with Crippen LogP contribution in [0.2, 0.25) is 0 Å². The summed E-state index contributed by atoms with van der Waals surface area (Å²) in [6.45, 7) is 4.90. The second-order valence-electron chi connectivity index (χ2n) is 7.17. The largest absolute Gasteiger partial charge is 0.438 e. The van der Waals surface area contributed by atoms with E-state index in [1.807, 2.05) is 13.1 Å². The van der Waals surface area contributed by atoms with Crippen LogP contribution in [0, 0.1) is 5.82 Å². The Labute approximate surface area is 189 Å². The summed E-state index contributed by atoms with van der Waals surface area (Å²) in [6, 6.07) is 13.6. The zero-order valence-corrected chi connectivity index (χ0v) is 18.0. The van der Waals surface area contributed by atoms with Gasteiger partial charge in [0.15, 0.2) is 0 Å². The molecular formula is C24H23FN6O2. The fourth-order valence-corrected chi connectivity index (χ4v) is 3.26. The predicted molar refractivity (Wildman–Crippen MR) is 127 cm³/mol. The number of carbonyl (C=O) groups is 1. The number of halogens is 1. The number of hydrogen-bond donors (Lipinski definition) is 4. The summed E-state index contributed by atoms with van der Waals surface area (Å²) in [7, 11) is 1.86. The van der Waals surface area contributed by atoms with Crippen molar-refractivity contribution in [3.8, 4) is 22.9 Å². The van der Waals surface area contributed by atoms with Crippen molar-refractivity contribution in [1.29, 1.82) is 0 Å². The molecule has 9 heteroatoms. The molecule has 0 aliphatic rings. The van der Waals surface area contributed by atoms with Gasteiger partial charge >= 0.3 is 0 Å². The number of H-pyrrole nitrogens is 1. The second kappa shape index (κ2) is 9.92. The van der Waals surface area contributed by atoms with Gasteiger partial charge < -0.3 is 25.7 Å². The number of likely N-dealkylation sites (N-methyl/N-ethyl adjacent to an activating group) is 1. The molecule has 0 spiro atoms. The van der Waals surface area contributed by atoms with E-state index in [-0.39, 0.29) is 11.7 Å². The van der Waals surface area contributed by atoms with E-state index in [0.29, 0.717) is 51.8 Å². The minimum atomic E-state index is -0.364. The standard InChI is InChI=1S/C24H23FN6O2/c1-3-22(32)30-16-5-4-6-17(11-16)33-24-19-13-21(31-23(19)28-14-29-24)18-8-7-15(12-20(18)25)27-10-9-26-2/h3-8,11-14,26-27H,1,9-10H2,2H3,(H,30,32)(H,28,29,31). The molecule has 168 valence electrons. The van der Waals surface area contributed by atoms with E-state index in [2.05, 4.69) is 37.5 Å². The van der Waals surface area contributed by atoms with Crippen molar-refractivity contribution in [3.63, 3.8) is 0 Å². The van der Waals surface area contributed by atoms with Crippen LogP contribution in [0.4, 0.5) is 15.8 Å². The molecule has 0 radical (unpaired) electrons. The third kappa shape index (κ3) is 5.16. The number of amides is 1. The maximum Gasteiger partial charge on any atom is 0.247 e. The van der Waals surface area contributed by atoms with Crippen LogP contribution in [0.3, 0.4) is 0 Å². The number of nitrogens with one attached hydrogen (secondary N) is 4. The highest BCUT2D eigenvalue weighted by Crippen LogP contribution is 2.33.